The van der Waals surface area contributed by atoms with E-state index in [2.05, 4.69) is 4.99 Å². The molecule has 0 bridgehead atoms. The zero-order valence-corrected chi connectivity index (χ0v) is 20.3. The molecule has 0 saturated carbocycles. The molecule has 5 nitrogen and oxygen atoms in total. The summed E-state index contributed by atoms with van der Waals surface area (Å²) in [5, 5.41) is 27.3. The molecular formula is C29H26F3N3O2. The van der Waals surface area contributed by atoms with Crippen molar-refractivity contribution >= 4 is 22.9 Å². The summed E-state index contributed by atoms with van der Waals surface area (Å²) < 4.78 is 39.5. The number of nitrogens with zero attached hydrogens (tertiary/aromatic N) is 2. The molecule has 3 unspecified atom stereocenters. The van der Waals surface area contributed by atoms with Gasteiger partial charge in [-0.3, -0.25) is 4.79 Å². The van der Waals surface area contributed by atoms with Crippen LogP contribution in [0.2, 0.25) is 0 Å². The maximum Gasteiger partial charge on any atom is 0.429 e. The summed E-state index contributed by atoms with van der Waals surface area (Å²) in [5.41, 5.74) is 0.470. The minimum atomic E-state index is -4.90. The summed E-state index contributed by atoms with van der Waals surface area (Å²) in [7, 11) is 0. The van der Waals surface area contributed by atoms with Crippen LogP contribution in [0.4, 0.5) is 18.9 Å². The Bertz CT molecular complexity index is 1340. The second kappa shape index (κ2) is 11.8. The number of Topliss-reactive ketones (excluding diaryl/α,β-unsaturated/α-hetero) is 1. The van der Waals surface area contributed by atoms with E-state index in [0.29, 0.717) is 11.1 Å². The van der Waals surface area contributed by atoms with E-state index in [-0.39, 0.29) is 11.3 Å². The van der Waals surface area contributed by atoms with E-state index in [0.717, 1.165) is 5.56 Å². The maximum absolute atomic E-state index is 13.4. The molecule has 0 fully saturated rings. The van der Waals surface area contributed by atoms with Crippen molar-refractivity contribution < 1.29 is 23.1 Å². The number of hydrogen-bond donors (Lipinski definition) is 2. The highest BCUT2D eigenvalue weighted by Gasteiger charge is 2.37. The van der Waals surface area contributed by atoms with Crippen molar-refractivity contribution in [3.63, 3.8) is 0 Å². The zero-order valence-electron chi connectivity index (χ0n) is 20.3. The lowest BCUT2D eigenvalue weighted by Crippen LogP contribution is -2.31. The quantitative estimate of drug-likeness (QED) is 0.317. The van der Waals surface area contributed by atoms with Gasteiger partial charge in [-0.2, -0.15) is 18.4 Å². The summed E-state index contributed by atoms with van der Waals surface area (Å²) in [6.07, 6.45) is -6.76. The monoisotopic (exact) mass is 505 g/mol. The first kappa shape index (κ1) is 27.5. The highest BCUT2D eigenvalue weighted by molar-refractivity contribution is 6.44. The molecule has 0 aliphatic heterocycles. The van der Waals surface area contributed by atoms with E-state index in [9.17, 15) is 23.1 Å². The van der Waals surface area contributed by atoms with E-state index in [1.165, 1.54) is 24.3 Å². The molecule has 3 aromatic rings. The van der Waals surface area contributed by atoms with E-state index >= 15 is 0 Å². The van der Waals surface area contributed by atoms with Crippen LogP contribution in [0.25, 0.3) is 0 Å². The lowest BCUT2D eigenvalue weighted by Gasteiger charge is -2.22. The third-order valence-electron chi connectivity index (χ3n) is 6.24. The molecule has 8 heteroatoms. The van der Waals surface area contributed by atoms with Crippen molar-refractivity contribution in [1.82, 2.24) is 0 Å². The number of rotatable bonds is 9. The predicted molar refractivity (Wildman–Crippen MR) is 136 cm³/mol. The number of aliphatic hydroxyl groups excluding tert-OH is 1. The molecule has 2 N–H and O–H groups in total. The number of carbonyl (C=O) groups excluding carboxylic acids is 1. The molecular weight excluding hydrogens is 479 g/mol. The Morgan fingerprint density at radius 2 is 1.59 bits per heavy atom. The van der Waals surface area contributed by atoms with Crippen molar-refractivity contribution in [3.8, 4) is 6.07 Å². The Morgan fingerprint density at radius 3 is 2.24 bits per heavy atom. The van der Waals surface area contributed by atoms with Gasteiger partial charge in [-0.05, 0) is 40.8 Å². The van der Waals surface area contributed by atoms with Gasteiger partial charge in [0.15, 0.2) is 5.78 Å². The van der Waals surface area contributed by atoms with Crippen molar-refractivity contribution in [3.05, 3.63) is 101 Å². The Kier molecular flexibility index (Phi) is 8.74. The molecule has 3 atom stereocenters. The standard InChI is InChI=1S/C29H26F3N3O2/c1-18(22-11-7-12-23(15-22)28(37)21-9-4-3-5-10-21)19(2)27(36)25(16-26(34)29(30,31)32)35-24-13-6-8-20(14-24)17-33/h3-15,18-19,28,34,37H,16H2,1-2H3. The number of nitriles is 1. The van der Waals surface area contributed by atoms with Crippen LogP contribution in [0.15, 0.2) is 83.9 Å². The molecule has 0 spiro atoms. The first-order valence-electron chi connectivity index (χ1n) is 11.6. The minimum absolute atomic E-state index is 0.158. The highest BCUT2D eigenvalue weighted by atomic mass is 19.4. The molecule has 3 aromatic carbocycles. The smallest absolute Gasteiger partial charge is 0.384 e. The van der Waals surface area contributed by atoms with E-state index in [1.807, 2.05) is 24.3 Å². The average molecular weight is 506 g/mol. The van der Waals surface area contributed by atoms with E-state index in [1.54, 1.807) is 50.2 Å². The molecule has 0 aliphatic carbocycles. The summed E-state index contributed by atoms with van der Waals surface area (Å²) in [4.78, 5) is 17.5. The predicted octanol–water partition coefficient (Wildman–Crippen LogP) is 6.69. The fraction of sp³-hybridized carbons (Fsp3) is 0.241. The third-order valence-corrected chi connectivity index (χ3v) is 6.24. The molecule has 0 amide bonds. The second-order valence-electron chi connectivity index (χ2n) is 8.80. The van der Waals surface area contributed by atoms with Crippen LogP contribution < -0.4 is 0 Å². The molecule has 0 radical (unpaired) electrons. The number of benzene rings is 3. The van der Waals surface area contributed by atoms with Gasteiger partial charge in [-0.1, -0.05) is 74.5 Å². The maximum atomic E-state index is 13.4. The summed E-state index contributed by atoms with van der Waals surface area (Å²) in [6, 6.07) is 24.0. The number of hydrogen-bond acceptors (Lipinski definition) is 5. The van der Waals surface area contributed by atoms with Gasteiger partial charge < -0.3 is 10.5 Å². The normalized spacial score (nSPS) is 14.4. The SMILES string of the molecule is CC(C(=O)C(CC(=N)C(F)(F)F)=Nc1cccc(C#N)c1)C(C)c1cccc(C(O)c2ccccc2)c1. The first-order valence-corrected chi connectivity index (χ1v) is 11.6. The van der Waals surface area contributed by atoms with Crippen molar-refractivity contribution in [2.24, 2.45) is 10.9 Å². The molecule has 37 heavy (non-hydrogen) atoms. The van der Waals surface area contributed by atoms with Gasteiger partial charge in [0.2, 0.25) is 0 Å². The molecule has 3 rings (SSSR count). The van der Waals surface area contributed by atoms with Crippen molar-refractivity contribution in [2.45, 2.75) is 38.5 Å². The number of carbonyl (C=O) groups is 1. The fourth-order valence-electron chi connectivity index (χ4n) is 3.87. The van der Waals surface area contributed by atoms with Crippen LogP contribution in [-0.4, -0.2) is 28.5 Å². The van der Waals surface area contributed by atoms with Gasteiger partial charge in [-0.15, -0.1) is 0 Å². The van der Waals surface area contributed by atoms with Crippen LogP contribution in [0, 0.1) is 22.7 Å². The molecule has 0 heterocycles. The first-order chi connectivity index (χ1) is 17.5. The minimum Gasteiger partial charge on any atom is -0.384 e. The Hall–Kier alpha value is -4.09. The molecule has 0 aliphatic rings. The molecule has 0 aromatic heterocycles. The van der Waals surface area contributed by atoms with Crippen LogP contribution >= 0.6 is 0 Å². The van der Waals surface area contributed by atoms with Gasteiger partial charge in [0.1, 0.15) is 11.8 Å². The molecule has 0 saturated heterocycles. The number of halogens is 3. The average Bonchev–Trinajstić information content (AvgIpc) is 2.91. The Labute approximate surface area is 213 Å². The number of aliphatic imine (C=N–C) groups is 1. The van der Waals surface area contributed by atoms with E-state index < -0.39 is 47.7 Å². The number of ketones is 1. The van der Waals surface area contributed by atoms with Crippen molar-refractivity contribution in [2.75, 3.05) is 0 Å². The van der Waals surface area contributed by atoms with Gasteiger partial charge in [0, 0.05) is 12.3 Å². The van der Waals surface area contributed by atoms with Gasteiger partial charge >= 0.3 is 6.18 Å². The number of alkyl halides is 3. The van der Waals surface area contributed by atoms with Gasteiger partial charge in [-0.25, -0.2) is 4.99 Å². The van der Waals surface area contributed by atoms with Crippen LogP contribution in [-0.2, 0) is 4.79 Å². The van der Waals surface area contributed by atoms with Gasteiger partial charge in [0.05, 0.1) is 23.0 Å². The van der Waals surface area contributed by atoms with Crippen LogP contribution in [0.3, 0.4) is 0 Å². The van der Waals surface area contributed by atoms with Crippen LogP contribution in [0.1, 0.15) is 54.5 Å². The largest absolute Gasteiger partial charge is 0.429 e. The fourth-order valence-corrected chi connectivity index (χ4v) is 3.87. The number of aliphatic hydroxyl groups is 1. The lowest BCUT2D eigenvalue weighted by molar-refractivity contribution is -0.116. The van der Waals surface area contributed by atoms with Crippen LogP contribution in [0.5, 0.6) is 0 Å². The third kappa shape index (κ3) is 6.99. The summed E-state index contributed by atoms with van der Waals surface area (Å²) in [6.45, 7) is 3.38. The summed E-state index contributed by atoms with van der Waals surface area (Å²) >= 11 is 0. The topological polar surface area (TPSA) is 97.3 Å². The second-order valence-corrected chi connectivity index (χ2v) is 8.80. The summed E-state index contributed by atoms with van der Waals surface area (Å²) in [5.74, 6) is -1.83. The van der Waals surface area contributed by atoms with E-state index in [4.69, 9.17) is 10.7 Å². The van der Waals surface area contributed by atoms with Crippen molar-refractivity contribution in [1.29, 1.82) is 10.7 Å². The Balaban J connectivity index is 1.91. The highest BCUT2D eigenvalue weighted by Crippen LogP contribution is 2.31. The Morgan fingerprint density at radius 1 is 0.973 bits per heavy atom. The molecule has 190 valence electrons. The zero-order chi connectivity index (χ0) is 27.2. The lowest BCUT2D eigenvalue weighted by atomic mass is 9.82. The van der Waals surface area contributed by atoms with Gasteiger partial charge in [0.25, 0.3) is 0 Å². The number of nitrogens with one attached hydrogen (secondary N) is 1.